The van der Waals surface area contributed by atoms with E-state index in [1.54, 1.807) is 5.56 Å². The highest BCUT2D eigenvalue weighted by Crippen LogP contribution is 2.45. The van der Waals surface area contributed by atoms with Gasteiger partial charge >= 0.3 is 0 Å². The highest BCUT2D eigenvalue weighted by atomic mass is 32.2. The third-order valence-electron chi connectivity index (χ3n) is 4.68. The predicted molar refractivity (Wildman–Crippen MR) is 74.4 cm³/mol. The Kier molecular flexibility index (Phi) is 3.18. The molecule has 1 aromatic carbocycles. The largest absolute Gasteiger partial charge is 0.327 e. The lowest BCUT2D eigenvalue weighted by Crippen LogP contribution is -2.25. The normalized spacial score (nSPS) is 36.1. The van der Waals surface area contributed by atoms with E-state index in [0.717, 1.165) is 11.8 Å². The number of hydrogen-bond donors (Lipinski definition) is 1. The second-order valence-electron chi connectivity index (χ2n) is 5.64. The van der Waals surface area contributed by atoms with Crippen LogP contribution in [0.3, 0.4) is 0 Å². The molecule has 4 atom stereocenters. The Morgan fingerprint density at radius 2 is 2.12 bits per heavy atom. The first-order chi connectivity index (χ1) is 8.25. The standard InChI is InChI=1S/C15H21NS/c1-10-11(6-7-14(10)16)8-12-9-17-15-5-3-2-4-13(12)15/h2-5,10-12,14H,6-9,16H2,1H3. The zero-order valence-electron chi connectivity index (χ0n) is 10.4. The van der Waals surface area contributed by atoms with E-state index in [1.807, 2.05) is 11.8 Å². The summed E-state index contributed by atoms with van der Waals surface area (Å²) in [6.07, 6.45) is 3.91. The van der Waals surface area contributed by atoms with Crippen molar-refractivity contribution >= 4 is 11.8 Å². The van der Waals surface area contributed by atoms with Crippen LogP contribution in [0.5, 0.6) is 0 Å². The molecule has 0 spiro atoms. The van der Waals surface area contributed by atoms with Crippen molar-refractivity contribution in [2.75, 3.05) is 5.75 Å². The van der Waals surface area contributed by atoms with Gasteiger partial charge in [0.2, 0.25) is 0 Å². The molecule has 0 bridgehead atoms. The molecular weight excluding hydrogens is 226 g/mol. The van der Waals surface area contributed by atoms with Crippen LogP contribution in [-0.4, -0.2) is 11.8 Å². The van der Waals surface area contributed by atoms with E-state index in [9.17, 15) is 0 Å². The zero-order valence-corrected chi connectivity index (χ0v) is 11.2. The molecule has 0 aromatic heterocycles. The fraction of sp³-hybridized carbons (Fsp3) is 0.600. The number of hydrogen-bond acceptors (Lipinski definition) is 2. The highest BCUT2D eigenvalue weighted by Gasteiger charge is 2.34. The molecule has 1 saturated carbocycles. The molecular formula is C15H21NS. The van der Waals surface area contributed by atoms with Crippen molar-refractivity contribution < 1.29 is 0 Å². The Morgan fingerprint density at radius 3 is 2.88 bits per heavy atom. The van der Waals surface area contributed by atoms with E-state index in [1.165, 1.54) is 29.9 Å². The minimum Gasteiger partial charge on any atom is -0.327 e. The Labute approximate surface area is 108 Å². The minimum absolute atomic E-state index is 0.448. The second kappa shape index (κ2) is 4.66. The fourth-order valence-electron chi connectivity index (χ4n) is 3.40. The zero-order chi connectivity index (χ0) is 11.8. The van der Waals surface area contributed by atoms with Gasteiger partial charge in [0.1, 0.15) is 0 Å². The van der Waals surface area contributed by atoms with Gasteiger partial charge in [0, 0.05) is 16.7 Å². The lowest BCUT2D eigenvalue weighted by molar-refractivity contribution is 0.351. The van der Waals surface area contributed by atoms with Crippen LogP contribution in [0.4, 0.5) is 0 Å². The maximum atomic E-state index is 6.13. The summed E-state index contributed by atoms with van der Waals surface area (Å²) in [5, 5.41) is 0. The Hall–Kier alpha value is -0.470. The quantitative estimate of drug-likeness (QED) is 0.863. The van der Waals surface area contributed by atoms with Crippen molar-refractivity contribution in [1.29, 1.82) is 0 Å². The smallest absolute Gasteiger partial charge is 0.0107 e. The highest BCUT2D eigenvalue weighted by molar-refractivity contribution is 7.99. The second-order valence-corrected chi connectivity index (χ2v) is 6.70. The molecule has 0 amide bonds. The molecule has 17 heavy (non-hydrogen) atoms. The number of rotatable bonds is 2. The Morgan fingerprint density at radius 1 is 1.29 bits per heavy atom. The van der Waals surface area contributed by atoms with E-state index >= 15 is 0 Å². The van der Waals surface area contributed by atoms with Crippen LogP contribution in [0.15, 0.2) is 29.2 Å². The molecule has 2 aliphatic rings. The van der Waals surface area contributed by atoms with Gasteiger partial charge in [0.25, 0.3) is 0 Å². The predicted octanol–water partition coefficient (Wildman–Crippen LogP) is 3.64. The lowest BCUT2D eigenvalue weighted by atomic mass is 9.84. The molecule has 1 fully saturated rings. The van der Waals surface area contributed by atoms with E-state index in [0.29, 0.717) is 12.0 Å². The number of nitrogens with two attached hydrogens (primary N) is 1. The van der Waals surface area contributed by atoms with Crippen LogP contribution >= 0.6 is 11.8 Å². The SMILES string of the molecule is CC1C(N)CCC1CC1CSc2ccccc21. The van der Waals surface area contributed by atoms with Crippen molar-refractivity contribution in [3.05, 3.63) is 29.8 Å². The number of benzene rings is 1. The monoisotopic (exact) mass is 247 g/mol. The Bertz CT molecular complexity index is 404. The first kappa shape index (κ1) is 11.6. The average molecular weight is 247 g/mol. The number of fused-ring (bicyclic) bond motifs is 1. The van der Waals surface area contributed by atoms with Gasteiger partial charge in [-0.05, 0) is 48.6 Å². The molecule has 1 aromatic rings. The maximum absolute atomic E-state index is 6.13. The van der Waals surface area contributed by atoms with Crippen LogP contribution in [0.2, 0.25) is 0 Å². The fourth-order valence-corrected chi connectivity index (χ4v) is 4.68. The van der Waals surface area contributed by atoms with E-state index in [2.05, 4.69) is 31.2 Å². The van der Waals surface area contributed by atoms with E-state index in [4.69, 9.17) is 5.73 Å². The summed E-state index contributed by atoms with van der Waals surface area (Å²) in [7, 11) is 0. The van der Waals surface area contributed by atoms with Gasteiger partial charge in [-0.15, -0.1) is 11.8 Å². The molecule has 2 heteroatoms. The van der Waals surface area contributed by atoms with Crippen molar-refractivity contribution in [3.8, 4) is 0 Å². The van der Waals surface area contributed by atoms with Gasteiger partial charge in [0.05, 0.1) is 0 Å². The summed E-state index contributed by atoms with van der Waals surface area (Å²) in [6, 6.07) is 9.37. The third kappa shape index (κ3) is 2.13. The third-order valence-corrected chi connectivity index (χ3v) is 5.93. The van der Waals surface area contributed by atoms with Gasteiger partial charge in [-0.2, -0.15) is 0 Å². The molecule has 1 aliphatic heterocycles. The van der Waals surface area contributed by atoms with Gasteiger partial charge in [-0.25, -0.2) is 0 Å². The van der Waals surface area contributed by atoms with Crippen LogP contribution in [0.1, 0.15) is 37.7 Å². The van der Waals surface area contributed by atoms with Crippen LogP contribution in [0, 0.1) is 11.8 Å². The summed E-state index contributed by atoms with van der Waals surface area (Å²) in [5.74, 6) is 3.61. The van der Waals surface area contributed by atoms with Gasteiger partial charge in [-0.1, -0.05) is 25.1 Å². The van der Waals surface area contributed by atoms with Crippen molar-refractivity contribution in [1.82, 2.24) is 0 Å². The first-order valence-corrected chi connectivity index (χ1v) is 7.71. The molecule has 0 radical (unpaired) electrons. The average Bonchev–Trinajstić information content (AvgIpc) is 2.89. The summed E-state index contributed by atoms with van der Waals surface area (Å²) in [4.78, 5) is 1.51. The van der Waals surface area contributed by atoms with Gasteiger partial charge in [-0.3, -0.25) is 0 Å². The van der Waals surface area contributed by atoms with Crippen LogP contribution in [0.25, 0.3) is 0 Å². The van der Waals surface area contributed by atoms with Gasteiger partial charge in [0.15, 0.2) is 0 Å². The lowest BCUT2D eigenvalue weighted by Gasteiger charge is -2.21. The van der Waals surface area contributed by atoms with Crippen molar-refractivity contribution in [2.24, 2.45) is 17.6 Å². The molecule has 1 nitrogen and oxygen atoms in total. The molecule has 4 unspecified atom stereocenters. The van der Waals surface area contributed by atoms with E-state index in [-0.39, 0.29) is 0 Å². The van der Waals surface area contributed by atoms with Crippen LogP contribution < -0.4 is 5.73 Å². The summed E-state index contributed by atoms with van der Waals surface area (Å²) in [6.45, 7) is 2.34. The summed E-state index contributed by atoms with van der Waals surface area (Å²) < 4.78 is 0. The molecule has 0 saturated heterocycles. The molecule has 2 N–H and O–H groups in total. The molecule has 1 aliphatic carbocycles. The topological polar surface area (TPSA) is 26.0 Å². The van der Waals surface area contributed by atoms with Crippen molar-refractivity contribution in [2.45, 2.75) is 43.0 Å². The summed E-state index contributed by atoms with van der Waals surface area (Å²) in [5.41, 5.74) is 7.72. The maximum Gasteiger partial charge on any atom is 0.0107 e. The summed E-state index contributed by atoms with van der Waals surface area (Å²) >= 11 is 2.03. The van der Waals surface area contributed by atoms with Crippen LogP contribution in [-0.2, 0) is 0 Å². The first-order valence-electron chi connectivity index (χ1n) is 6.73. The molecule has 3 rings (SSSR count). The minimum atomic E-state index is 0.448. The molecule has 1 heterocycles. The molecule has 92 valence electrons. The Balaban J connectivity index is 1.72. The van der Waals surface area contributed by atoms with Gasteiger partial charge < -0.3 is 5.73 Å². The number of thioether (sulfide) groups is 1. The van der Waals surface area contributed by atoms with E-state index < -0.39 is 0 Å². The van der Waals surface area contributed by atoms with Crippen molar-refractivity contribution in [3.63, 3.8) is 0 Å².